The maximum Gasteiger partial charge on any atom is 0.269 e. The monoisotopic (exact) mass is 515 g/mol. The molecular weight excluding hydrogens is 494 g/mol. The van der Waals surface area contributed by atoms with Crippen LogP contribution >= 0.6 is 24.0 Å². The molecular formula is C27H21N3O4S2. The lowest BCUT2D eigenvalue weighted by atomic mass is 10.2. The summed E-state index contributed by atoms with van der Waals surface area (Å²) in [4.78, 5) is 33.2. The Balaban J connectivity index is 1.53. The summed E-state index contributed by atoms with van der Waals surface area (Å²) in [5.74, 6) is 1.15. The van der Waals surface area contributed by atoms with Crippen molar-refractivity contribution >= 4 is 45.9 Å². The number of benzene rings is 2. The summed E-state index contributed by atoms with van der Waals surface area (Å²) in [6, 6.07) is 20.2. The van der Waals surface area contributed by atoms with Crippen LogP contribution in [-0.4, -0.2) is 31.6 Å². The Hall–Kier alpha value is -3.95. The molecule has 1 amide bonds. The van der Waals surface area contributed by atoms with Gasteiger partial charge in [0.05, 0.1) is 18.6 Å². The summed E-state index contributed by atoms with van der Waals surface area (Å²) >= 11 is 6.64. The van der Waals surface area contributed by atoms with Gasteiger partial charge in [0.1, 0.15) is 27.0 Å². The van der Waals surface area contributed by atoms with E-state index in [1.807, 2.05) is 55.5 Å². The Kier molecular flexibility index (Phi) is 6.58. The molecule has 36 heavy (non-hydrogen) atoms. The number of amides is 1. The van der Waals surface area contributed by atoms with Gasteiger partial charge in [-0.3, -0.25) is 18.9 Å². The number of para-hydroxylation sites is 1. The summed E-state index contributed by atoms with van der Waals surface area (Å²) in [5, 5.41) is 0. The van der Waals surface area contributed by atoms with Crippen LogP contribution in [0.15, 0.2) is 82.6 Å². The Morgan fingerprint density at radius 1 is 1.03 bits per heavy atom. The number of methoxy groups -OCH3 is 1. The van der Waals surface area contributed by atoms with E-state index < -0.39 is 0 Å². The number of carbonyl (C=O) groups excluding carboxylic acids is 1. The molecule has 1 saturated heterocycles. The molecule has 2 aromatic heterocycles. The first-order valence-electron chi connectivity index (χ1n) is 11.1. The molecule has 0 unspecified atom stereocenters. The number of aromatic nitrogens is 2. The van der Waals surface area contributed by atoms with Crippen LogP contribution in [-0.2, 0) is 11.3 Å². The zero-order chi connectivity index (χ0) is 25.2. The van der Waals surface area contributed by atoms with Crippen molar-refractivity contribution in [3.05, 3.63) is 105 Å². The number of aryl methyl sites for hydroxylation is 1. The van der Waals surface area contributed by atoms with Gasteiger partial charge in [0.25, 0.3) is 11.5 Å². The van der Waals surface area contributed by atoms with Crippen LogP contribution in [0.25, 0.3) is 11.7 Å². The van der Waals surface area contributed by atoms with Gasteiger partial charge in [0.2, 0.25) is 5.88 Å². The molecule has 4 aromatic rings. The minimum atomic E-state index is -0.343. The number of nitrogens with zero attached hydrogens (tertiary/aromatic N) is 3. The second-order valence-corrected chi connectivity index (χ2v) is 9.72. The maximum absolute atomic E-state index is 13.5. The van der Waals surface area contributed by atoms with Crippen molar-refractivity contribution in [2.75, 3.05) is 7.11 Å². The molecule has 0 radical (unpaired) electrons. The van der Waals surface area contributed by atoms with Gasteiger partial charge in [-0.25, -0.2) is 0 Å². The maximum atomic E-state index is 13.5. The SMILES string of the molecule is COc1ccc(CN2C(=O)/C(=C\c3c(Oc4ccccc4C)nc4ccccn4c3=O)SC2=S)cc1. The van der Waals surface area contributed by atoms with Crippen molar-refractivity contribution in [3.63, 3.8) is 0 Å². The highest BCUT2D eigenvalue weighted by atomic mass is 32.2. The summed E-state index contributed by atoms with van der Waals surface area (Å²) in [6.45, 7) is 2.22. The van der Waals surface area contributed by atoms with Crippen LogP contribution in [0.3, 0.4) is 0 Å². The minimum absolute atomic E-state index is 0.126. The van der Waals surface area contributed by atoms with Crippen LogP contribution in [0, 0.1) is 6.92 Å². The molecule has 1 aliphatic heterocycles. The van der Waals surface area contributed by atoms with Gasteiger partial charge in [-0.05, 0) is 54.5 Å². The van der Waals surface area contributed by atoms with E-state index in [0.717, 1.165) is 28.6 Å². The summed E-state index contributed by atoms with van der Waals surface area (Å²) in [7, 11) is 1.60. The number of rotatable bonds is 6. The predicted molar refractivity (Wildman–Crippen MR) is 144 cm³/mol. The Bertz CT molecular complexity index is 1580. The van der Waals surface area contributed by atoms with E-state index in [1.165, 1.54) is 15.4 Å². The number of fused-ring (bicyclic) bond motifs is 1. The number of thioether (sulfide) groups is 1. The van der Waals surface area contributed by atoms with Crippen LogP contribution in [0.2, 0.25) is 0 Å². The molecule has 1 aliphatic rings. The second kappa shape index (κ2) is 9.96. The van der Waals surface area contributed by atoms with Crippen LogP contribution < -0.4 is 15.0 Å². The van der Waals surface area contributed by atoms with E-state index in [-0.39, 0.29) is 22.9 Å². The standard InChI is InChI=1S/C27H21N3O4S2/c1-17-7-3-4-8-21(17)34-24-20(25(31)29-14-6-5-9-23(29)28-24)15-22-26(32)30(27(35)36-22)16-18-10-12-19(33-2)13-11-18/h3-15H,16H2,1-2H3/b22-15+. The van der Waals surface area contributed by atoms with Gasteiger partial charge >= 0.3 is 0 Å². The Morgan fingerprint density at radius 2 is 1.78 bits per heavy atom. The van der Waals surface area contributed by atoms with Crippen LogP contribution in [0.1, 0.15) is 16.7 Å². The first-order chi connectivity index (χ1) is 17.4. The van der Waals surface area contributed by atoms with Crippen molar-refractivity contribution < 1.29 is 14.3 Å². The fourth-order valence-corrected chi connectivity index (χ4v) is 4.98. The minimum Gasteiger partial charge on any atom is -0.497 e. The van der Waals surface area contributed by atoms with Gasteiger partial charge in [-0.2, -0.15) is 4.98 Å². The molecule has 9 heteroatoms. The van der Waals surface area contributed by atoms with Crippen molar-refractivity contribution in [2.45, 2.75) is 13.5 Å². The molecule has 3 heterocycles. The molecule has 5 rings (SSSR count). The normalized spacial score (nSPS) is 14.6. The summed E-state index contributed by atoms with van der Waals surface area (Å²) in [5.41, 5.74) is 2.07. The second-order valence-electron chi connectivity index (χ2n) is 8.05. The largest absolute Gasteiger partial charge is 0.497 e. The average Bonchev–Trinajstić information content (AvgIpc) is 3.15. The Labute approximate surface area is 217 Å². The smallest absolute Gasteiger partial charge is 0.269 e. The van der Waals surface area contributed by atoms with Crippen LogP contribution in [0.5, 0.6) is 17.4 Å². The van der Waals surface area contributed by atoms with E-state index in [1.54, 1.807) is 31.5 Å². The summed E-state index contributed by atoms with van der Waals surface area (Å²) in [6.07, 6.45) is 3.16. The molecule has 1 fully saturated rings. The van der Waals surface area contributed by atoms with Crippen molar-refractivity contribution in [1.29, 1.82) is 0 Å². The molecule has 180 valence electrons. The predicted octanol–water partition coefficient (Wildman–Crippen LogP) is 5.21. The number of ether oxygens (including phenoxy) is 2. The van der Waals surface area contributed by atoms with E-state index in [4.69, 9.17) is 21.7 Å². The molecule has 0 atom stereocenters. The van der Waals surface area contributed by atoms with Gasteiger partial charge in [-0.1, -0.05) is 60.4 Å². The molecule has 0 saturated carbocycles. The van der Waals surface area contributed by atoms with Gasteiger partial charge < -0.3 is 9.47 Å². The highest BCUT2D eigenvalue weighted by Gasteiger charge is 2.33. The third-order valence-corrected chi connectivity index (χ3v) is 7.06. The fourth-order valence-electron chi connectivity index (χ4n) is 3.74. The molecule has 0 bridgehead atoms. The highest BCUT2D eigenvalue weighted by Crippen LogP contribution is 2.35. The number of hydrogen-bond acceptors (Lipinski definition) is 7. The molecule has 0 spiro atoms. The average molecular weight is 516 g/mol. The van der Waals surface area contributed by atoms with E-state index in [0.29, 0.717) is 27.2 Å². The molecule has 2 aromatic carbocycles. The van der Waals surface area contributed by atoms with E-state index >= 15 is 0 Å². The van der Waals surface area contributed by atoms with Gasteiger partial charge in [0, 0.05) is 6.20 Å². The third kappa shape index (κ3) is 4.62. The quantitative estimate of drug-likeness (QED) is 0.258. The zero-order valence-electron chi connectivity index (χ0n) is 19.5. The number of carbonyl (C=O) groups is 1. The summed E-state index contributed by atoms with van der Waals surface area (Å²) < 4.78 is 13.1. The number of pyridine rings is 1. The molecule has 0 N–H and O–H groups in total. The lowest BCUT2D eigenvalue weighted by Crippen LogP contribution is -2.27. The van der Waals surface area contributed by atoms with Gasteiger partial charge in [-0.15, -0.1) is 0 Å². The van der Waals surface area contributed by atoms with Crippen molar-refractivity contribution in [1.82, 2.24) is 14.3 Å². The lowest BCUT2D eigenvalue weighted by molar-refractivity contribution is -0.122. The Morgan fingerprint density at radius 3 is 2.53 bits per heavy atom. The zero-order valence-corrected chi connectivity index (χ0v) is 21.1. The lowest BCUT2D eigenvalue weighted by Gasteiger charge is -2.14. The first kappa shape index (κ1) is 23.8. The topological polar surface area (TPSA) is 73.1 Å². The van der Waals surface area contributed by atoms with E-state index in [9.17, 15) is 9.59 Å². The fraction of sp³-hybridized carbons (Fsp3) is 0.111. The number of hydrogen-bond donors (Lipinski definition) is 0. The van der Waals surface area contributed by atoms with Gasteiger partial charge in [0.15, 0.2) is 0 Å². The van der Waals surface area contributed by atoms with Crippen LogP contribution in [0.4, 0.5) is 0 Å². The highest BCUT2D eigenvalue weighted by molar-refractivity contribution is 8.26. The van der Waals surface area contributed by atoms with E-state index in [2.05, 4.69) is 4.98 Å². The molecule has 7 nitrogen and oxygen atoms in total. The van der Waals surface area contributed by atoms with Crippen molar-refractivity contribution in [3.8, 4) is 17.4 Å². The first-order valence-corrected chi connectivity index (χ1v) is 12.3. The third-order valence-electron chi connectivity index (χ3n) is 5.68. The number of thiocarbonyl (C=S) groups is 1. The molecule has 0 aliphatic carbocycles. The van der Waals surface area contributed by atoms with Crippen molar-refractivity contribution in [2.24, 2.45) is 0 Å².